The molecular weight excluding hydrogens is 959 g/mol. The molecule has 0 unspecified atom stereocenters. The monoisotopic (exact) mass is 1040 g/mol. The number of hydrogen-bond acceptors (Lipinski definition) is 12. The van der Waals surface area contributed by atoms with E-state index in [0.29, 0.717) is 51.4 Å². The number of carbonyl (C=O) groups is 10. The summed E-state index contributed by atoms with van der Waals surface area (Å²) in [5, 5.41) is 29.4. The van der Waals surface area contributed by atoms with Crippen LogP contribution in [0.1, 0.15) is 165 Å². The number of likely N-dealkylation sites (N-methyl/N-ethyl adjacent to an activating group) is 2. The van der Waals surface area contributed by atoms with E-state index < -0.39 is 113 Å². The number of Topliss-reactive ketones (excluding diaryl/α,β-unsaturated/α-hetero) is 1. The van der Waals surface area contributed by atoms with Crippen molar-refractivity contribution in [1.82, 2.24) is 35.6 Å². The summed E-state index contributed by atoms with van der Waals surface area (Å²) in [6.45, 7) is 13.2. The van der Waals surface area contributed by atoms with Crippen LogP contribution in [-0.4, -0.2) is 170 Å². The molecule has 3 saturated carbocycles. The maximum Gasteiger partial charge on any atom is 0.410 e. The van der Waals surface area contributed by atoms with Crippen molar-refractivity contribution in [3.63, 3.8) is 0 Å². The third-order valence-corrected chi connectivity index (χ3v) is 15.9. The zero-order valence-electron chi connectivity index (χ0n) is 45.4. The predicted octanol–water partition coefficient (Wildman–Crippen LogP) is 4.87. The molecule has 5 fully saturated rings. The quantitative estimate of drug-likeness (QED) is 0.130. The van der Waals surface area contributed by atoms with Gasteiger partial charge in [-0.2, -0.15) is 0 Å². The van der Waals surface area contributed by atoms with Gasteiger partial charge in [0.1, 0.15) is 35.4 Å². The second kappa shape index (κ2) is 25.4. The first-order chi connectivity index (χ1) is 34.6. The van der Waals surface area contributed by atoms with Gasteiger partial charge in [-0.1, -0.05) is 38.5 Å². The second-order valence-electron chi connectivity index (χ2n) is 23.7. The average Bonchev–Trinajstić information content (AvgIpc) is 3.98. The SMILES string of the molecule is C[C@@H](C(=O)C[C@H](C(=O)N1C[C@@H](NC(=O)C2CCC(C(=O)N[C@H]3C[C@@H](C(=O)O)N(C(=O)[C@@H](NC(=O)[C@H](C)N(C)C(=O)OC(C)(C)C)C4CCCCC4)C3)CC2)C[C@H]1C(=O)O)C1CCCCC1)N(C)C(=O)OC(C)(C)C. The van der Waals surface area contributed by atoms with Crippen molar-refractivity contribution in [1.29, 1.82) is 0 Å². The number of nitrogens with zero attached hydrogens (tertiary/aromatic N) is 4. The summed E-state index contributed by atoms with van der Waals surface area (Å²) in [6.07, 6.45) is 7.80. The highest BCUT2D eigenvalue weighted by Crippen LogP contribution is 2.37. The fourth-order valence-electron chi connectivity index (χ4n) is 11.4. The Hall–Kier alpha value is -5.50. The van der Waals surface area contributed by atoms with E-state index >= 15 is 0 Å². The fraction of sp³-hybridized carbons (Fsp3) is 0.811. The number of amides is 7. The van der Waals surface area contributed by atoms with Crippen molar-refractivity contribution in [2.75, 3.05) is 27.2 Å². The van der Waals surface area contributed by atoms with Crippen molar-refractivity contribution in [3.05, 3.63) is 0 Å². The normalized spacial score (nSPS) is 25.6. The Morgan fingerprint density at radius 1 is 0.568 bits per heavy atom. The minimum atomic E-state index is -1.26. The molecule has 2 saturated heterocycles. The van der Waals surface area contributed by atoms with Crippen LogP contribution in [0.5, 0.6) is 0 Å². The van der Waals surface area contributed by atoms with Gasteiger partial charge in [-0.25, -0.2) is 19.2 Å². The van der Waals surface area contributed by atoms with Crippen LogP contribution in [0, 0.1) is 29.6 Å². The second-order valence-corrected chi connectivity index (χ2v) is 23.7. The number of likely N-dealkylation sites (tertiary alicyclic amines) is 2. The maximum atomic E-state index is 14.5. The third-order valence-electron chi connectivity index (χ3n) is 15.9. The maximum absolute atomic E-state index is 14.5. The zero-order chi connectivity index (χ0) is 55.0. The highest BCUT2D eigenvalue weighted by atomic mass is 16.6. The largest absolute Gasteiger partial charge is 0.480 e. The van der Waals surface area contributed by atoms with Gasteiger partial charge in [-0.05, 0) is 119 Å². The molecule has 21 heteroatoms. The van der Waals surface area contributed by atoms with Crippen LogP contribution in [0.4, 0.5) is 9.59 Å². The molecule has 5 aliphatic rings. The van der Waals surface area contributed by atoms with Crippen LogP contribution >= 0.6 is 0 Å². The van der Waals surface area contributed by atoms with Crippen LogP contribution < -0.4 is 16.0 Å². The summed E-state index contributed by atoms with van der Waals surface area (Å²) >= 11 is 0. The Morgan fingerprint density at radius 2 is 0.959 bits per heavy atom. The molecule has 0 radical (unpaired) electrons. The van der Waals surface area contributed by atoms with E-state index in [-0.39, 0.29) is 61.8 Å². The van der Waals surface area contributed by atoms with Crippen LogP contribution in [-0.2, 0) is 47.8 Å². The minimum absolute atomic E-state index is 0.0235. The number of ketones is 1. The van der Waals surface area contributed by atoms with Crippen LogP contribution in [0.25, 0.3) is 0 Å². The van der Waals surface area contributed by atoms with E-state index in [1.165, 1.54) is 35.7 Å². The standard InChI is InChI=1S/C53H85N7O14/c1-30(57(9)50(71)73-52(3,4)5)41(61)27-38(32-17-13-11-14-18-32)46(65)59-28-36(25-39(59)48(67)68)54-44(63)34-21-23-35(24-22-34)45(64)55-37-26-40(49(69)70)60(29-37)47(66)42(33-19-15-12-16-20-33)56-43(62)31(2)58(10)51(72)74-53(6,7)8/h30-40,42H,11-29H2,1-10H3,(H,54,63)(H,55,64)(H,56,62)(H,67,68)(H,69,70)/t30-,31-,34?,35?,36-,37-,38-,39-,40-,42-/m0/s1. The molecule has 0 aromatic rings. The average molecular weight is 1040 g/mol. The van der Waals surface area contributed by atoms with Gasteiger partial charge < -0.3 is 50.3 Å². The summed E-state index contributed by atoms with van der Waals surface area (Å²) in [5.41, 5.74) is -1.58. The van der Waals surface area contributed by atoms with Gasteiger partial charge in [-0.3, -0.25) is 33.7 Å². The first-order valence-electron chi connectivity index (χ1n) is 27.0. The number of rotatable bonds is 17. The minimum Gasteiger partial charge on any atom is -0.480 e. The van der Waals surface area contributed by atoms with Gasteiger partial charge in [-0.15, -0.1) is 0 Å². The van der Waals surface area contributed by atoms with Crippen LogP contribution in [0.15, 0.2) is 0 Å². The smallest absolute Gasteiger partial charge is 0.410 e. The van der Waals surface area contributed by atoms with Crippen molar-refractivity contribution < 1.29 is 67.6 Å². The molecule has 21 nitrogen and oxygen atoms in total. The highest BCUT2D eigenvalue weighted by molar-refractivity contribution is 5.95. The predicted molar refractivity (Wildman–Crippen MR) is 270 cm³/mol. The first kappa shape index (κ1) is 59.4. The summed E-state index contributed by atoms with van der Waals surface area (Å²) in [7, 11) is 2.90. The summed E-state index contributed by atoms with van der Waals surface area (Å²) in [4.78, 5) is 140. The Labute approximate surface area is 436 Å². The van der Waals surface area contributed by atoms with Gasteiger partial charge in [0.2, 0.25) is 29.5 Å². The summed E-state index contributed by atoms with van der Waals surface area (Å²) in [6, 6.07) is -6.81. The number of carbonyl (C=O) groups excluding carboxylic acids is 8. The number of aliphatic carboxylic acids is 2. The van der Waals surface area contributed by atoms with Gasteiger partial charge in [0.15, 0.2) is 5.78 Å². The number of hydrogen-bond donors (Lipinski definition) is 5. The Balaban J connectivity index is 1.17. The van der Waals surface area contributed by atoms with Crippen molar-refractivity contribution in [2.45, 2.75) is 218 Å². The molecule has 2 heterocycles. The van der Waals surface area contributed by atoms with E-state index in [0.717, 1.165) is 43.4 Å². The molecule has 0 aromatic heterocycles. The van der Waals surface area contributed by atoms with E-state index in [2.05, 4.69) is 16.0 Å². The first-order valence-corrected chi connectivity index (χ1v) is 27.0. The lowest BCUT2D eigenvalue weighted by molar-refractivity contribution is -0.151. The molecule has 0 bridgehead atoms. The number of carboxylic acid groups (broad SMARTS) is 2. The summed E-state index contributed by atoms with van der Waals surface area (Å²) < 4.78 is 10.9. The lowest BCUT2D eigenvalue weighted by Gasteiger charge is -2.35. The zero-order valence-corrected chi connectivity index (χ0v) is 45.4. The van der Waals surface area contributed by atoms with Crippen molar-refractivity contribution in [3.8, 4) is 0 Å². The van der Waals surface area contributed by atoms with E-state index in [1.54, 1.807) is 48.5 Å². The summed E-state index contributed by atoms with van der Waals surface area (Å²) in [5.74, 6) is -7.26. The number of nitrogens with one attached hydrogen (secondary N) is 3. The van der Waals surface area contributed by atoms with Crippen LogP contribution in [0.3, 0.4) is 0 Å². The molecule has 0 spiro atoms. The Bertz CT molecular complexity index is 1920. The van der Waals surface area contributed by atoms with E-state index in [1.807, 2.05) is 0 Å². The molecule has 5 rings (SSSR count). The van der Waals surface area contributed by atoms with E-state index in [9.17, 15) is 58.2 Å². The van der Waals surface area contributed by atoms with Gasteiger partial charge in [0, 0.05) is 76.3 Å². The van der Waals surface area contributed by atoms with Gasteiger partial charge in [0.05, 0.1) is 6.04 Å². The van der Waals surface area contributed by atoms with Crippen LogP contribution in [0.2, 0.25) is 0 Å². The Morgan fingerprint density at radius 3 is 1.36 bits per heavy atom. The Kier molecular flexibility index (Phi) is 20.3. The van der Waals surface area contributed by atoms with E-state index in [4.69, 9.17) is 9.47 Å². The topological polar surface area (TPSA) is 279 Å². The fourth-order valence-corrected chi connectivity index (χ4v) is 11.4. The molecule has 8 atom stereocenters. The highest BCUT2D eigenvalue weighted by Gasteiger charge is 2.48. The molecule has 416 valence electrons. The molecule has 3 aliphatic carbocycles. The van der Waals surface area contributed by atoms with Crippen molar-refractivity contribution in [2.24, 2.45) is 29.6 Å². The molecule has 0 aromatic carbocycles. The molecule has 74 heavy (non-hydrogen) atoms. The third kappa shape index (κ3) is 15.8. The van der Waals surface area contributed by atoms with Crippen molar-refractivity contribution >= 4 is 59.4 Å². The molecule has 5 N–H and O–H groups in total. The number of carboxylic acids is 2. The van der Waals surface area contributed by atoms with Gasteiger partial charge in [0.25, 0.3) is 0 Å². The molecule has 2 aliphatic heterocycles. The lowest BCUT2D eigenvalue weighted by Crippen LogP contribution is -2.58. The van der Waals surface area contributed by atoms with Gasteiger partial charge >= 0.3 is 24.1 Å². The molecule has 7 amide bonds. The lowest BCUT2D eigenvalue weighted by atomic mass is 9.76. The molecular formula is C53H85N7O14. The number of ether oxygens (including phenoxy) is 2.